The van der Waals surface area contributed by atoms with Gasteiger partial charge in [-0.25, -0.2) is 0 Å². The van der Waals surface area contributed by atoms with Crippen molar-refractivity contribution in [2.75, 3.05) is 13.7 Å². The summed E-state index contributed by atoms with van der Waals surface area (Å²) in [4.78, 5) is 25.0. The number of carbonyl (C=O) groups is 2. The third kappa shape index (κ3) is 2.81. The van der Waals surface area contributed by atoms with Gasteiger partial charge in [0.1, 0.15) is 0 Å². The lowest BCUT2D eigenvalue weighted by molar-refractivity contribution is -0.143. The smallest absolute Gasteiger partial charge is 0.307 e. The quantitative estimate of drug-likeness (QED) is 0.785. The van der Waals surface area contributed by atoms with E-state index in [0.717, 1.165) is 16.5 Å². The number of amides is 1. The van der Waals surface area contributed by atoms with E-state index < -0.39 is 0 Å². The predicted molar refractivity (Wildman–Crippen MR) is 74.6 cm³/mol. The Labute approximate surface area is 120 Å². The maximum atomic E-state index is 11.7. The van der Waals surface area contributed by atoms with Crippen molar-refractivity contribution in [2.24, 2.45) is 0 Å². The van der Waals surface area contributed by atoms with Crippen LogP contribution in [0.1, 0.15) is 30.5 Å². The first kappa shape index (κ1) is 14.1. The molecule has 0 saturated heterocycles. The maximum absolute atomic E-state index is 11.7. The van der Waals surface area contributed by atoms with E-state index >= 15 is 0 Å². The third-order valence-electron chi connectivity index (χ3n) is 3.49. The van der Waals surface area contributed by atoms with Crippen molar-refractivity contribution < 1.29 is 14.3 Å². The van der Waals surface area contributed by atoms with Crippen molar-refractivity contribution >= 4 is 27.8 Å². The number of carbonyl (C=O) groups excluding carboxylic acids is 2. The van der Waals surface area contributed by atoms with Crippen LogP contribution in [0.4, 0.5) is 0 Å². The topological polar surface area (TPSA) is 46.6 Å². The molecule has 1 aliphatic rings. The van der Waals surface area contributed by atoms with Crippen molar-refractivity contribution in [1.82, 2.24) is 4.90 Å². The molecule has 1 atom stereocenters. The zero-order valence-electron chi connectivity index (χ0n) is 11.0. The van der Waals surface area contributed by atoms with E-state index in [2.05, 4.69) is 15.9 Å². The number of rotatable bonds is 2. The van der Waals surface area contributed by atoms with E-state index in [4.69, 9.17) is 4.74 Å². The Bertz CT molecular complexity index is 515. The van der Waals surface area contributed by atoms with Crippen molar-refractivity contribution in [1.29, 1.82) is 0 Å². The molecule has 1 amide bonds. The van der Waals surface area contributed by atoms with Crippen LogP contribution in [0.25, 0.3) is 0 Å². The Hall–Kier alpha value is -1.36. The van der Waals surface area contributed by atoms with E-state index in [0.29, 0.717) is 6.54 Å². The Kier molecular flexibility index (Phi) is 4.24. The minimum absolute atomic E-state index is 0.0143. The molecule has 0 radical (unpaired) electrons. The molecule has 0 saturated carbocycles. The lowest BCUT2D eigenvalue weighted by Crippen LogP contribution is -2.40. The summed E-state index contributed by atoms with van der Waals surface area (Å²) in [6.07, 6.45) is 0.994. The molecule has 5 heteroatoms. The highest BCUT2D eigenvalue weighted by Crippen LogP contribution is 2.35. The van der Waals surface area contributed by atoms with E-state index in [1.807, 2.05) is 18.2 Å². The molecule has 1 unspecified atom stereocenters. The van der Waals surface area contributed by atoms with Crippen LogP contribution in [-0.2, 0) is 20.7 Å². The molecule has 0 aliphatic carbocycles. The summed E-state index contributed by atoms with van der Waals surface area (Å²) in [6.45, 7) is 2.17. The highest BCUT2D eigenvalue weighted by Gasteiger charge is 2.31. The Morgan fingerprint density at radius 3 is 2.84 bits per heavy atom. The van der Waals surface area contributed by atoms with Gasteiger partial charge in [-0.05, 0) is 23.6 Å². The molecule has 0 spiro atoms. The summed E-state index contributed by atoms with van der Waals surface area (Å²) in [5.41, 5.74) is 2.20. The lowest BCUT2D eigenvalue weighted by Gasteiger charge is -2.36. The van der Waals surface area contributed by atoms with Crippen molar-refractivity contribution in [3.63, 3.8) is 0 Å². The number of hydrogen-bond donors (Lipinski definition) is 0. The van der Waals surface area contributed by atoms with Crippen LogP contribution < -0.4 is 0 Å². The average molecular weight is 326 g/mol. The molecule has 19 heavy (non-hydrogen) atoms. The highest BCUT2D eigenvalue weighted by molar-refractivity contribution is 9.10. The zero-order chi connectivity index (χ0) is 14.0. The molecule has 0 N–H and O–H groups in total. The first-order valence-electron chi connectivity index (χ1n) is 6.16. The van der Waals surface area contributed by atoms with Crippen LogP contribution >= 0.6 is 15.9 Å². The van der Waals surface area contributed by atoms with E-state index in [1.54, 1.807) is 4.90 Å². The van der Waals surface area contributed by atoms with Crippen molar-refractivity contribution in [3.8, 4) is 0 Å². The number of ether oxygens (including phenoxy) is 1. The summed E-state index contributed by atoms with van der Waals surface area (Å²) in [5.74, 6) is -0.316. The molecule has 0 bridgehead atoms. The number of methoxy groups -OCH3 is 1. The molecule has 0 aromatic heterocycles. The van der Waals surface area contributed by atoms with Crippen LogP contribution in [0.15, 0.2) is 22.7 Å². The first-order chi connectivity index (χ1) is 9.04. The number of fused-ring (bicyclic) bond motifs is 1. The second kappa shape index (κ2) is 5.74. The lowest BCUT2D eigenvalue weighted by atomic mass is 9.90. The van der Waals surface area contributed by atoms with Gasteiger partial charge >= 0.3 is 5.97 Å². The van der Waals surface area contributed by atoms with Gasteiger partial charge in [0.15, 0.2) is 0 Å². The highest BCUT2D eigenvalue weighted by atomic mass is 79.9. The monoisotopic (exact) mass is 325 g/mol. The van der Waals surface area contributed by atoms with E-state index in [-0.39, 0.29) is 24.3 Å². The van der Waals surface area contributed by atoms with Gasteiger partial charge in [-0.2, -0.15) is 0 Å². The number of benzene rings is 1. The van der Waals surface area contributed by atoms with Gasteiger partial charge < -0.3 is 9.64 Å². The van der Waals surface area contributed by atoms with Gasteiger partial charge in [-0.15, -0.1) is 0 Å². The minimum atomic E-state index is -0.302. The van der Waals surface area contributed by atoms with Gasteiger partial charge in [0.2, 0.25) is 5.91 Å². The number of hydrogen-bond acceptors (Lipinski definition) is 3. The molecule has 4 nitrogen and oxygen atoms in total. The number of nitrogens with zero attached hydrogens (tertiary/aromatic N) is 1. The standard InChI is InChI=1S/C14H16BrNO3/c1-9(17)16-7-6-10-11(4-3-5-12(10)15)13(16)8-14(18)19-2/h3-5,13H,6-8H2,1-2H3. The molecular formula is C14H16BrNO3. The fraction of sp³-hybridized carbons (Fsp3) is 0.429. The van der Waals surface area contributed by atoms with Crippen molar-refractivity contribution in [3.05, 3.63) is 33.8 Å². The molecule has 1 aliphatic heterocycles. The molecule has 0 fully saturated rings. The Balaban J connectivity index is 2.41. The Morgan fingerprint density at radius 2 is 2.21 bits per heavy atom. The van der Waals surface area contributed by atoms with Crippen LogP contribution in [0.2, 0.25) is 0 Å². The van der Waals surface area contributed by atoms with E-state index in [1.165, 1.54) is 19.6 Å². The summed E-state index contributed by atoms with van der Waals surface area (Å²) in [5, 5.41) is 0. The number of esters is 1. The van der Waals surface area contributed by atoms with Crippen LogP contribution in [0.5, 0.6) is 0 Å². The third-order valence-corrected chi connectivity index (χ3v) is 4.23. The second-order valence-corrected chi connectivity index (χ2v) is 5.42. The Morgan fingerprint density at radius 1 is 1.47 bits per heavy atom. The molecule has 2 rings (SSSR count). The van der Waals surface area contributed by atoms with Gasteiger partial charge in [0.25, 0.3) is 0 Å². The average Bonchev–Trinajstić information content (AvgIpc) is 2.39. The van der Waals surface area contributed by atoms with Gasteiger partial charge in [0, 0.05) is 17.9 Å². The largest absolute Gasteiger partial charge is 0.469 e. The fourth-order valence-corrected chi connectivity index (χ4v) is 3.13. The van der Waals surface area contributed by atoms with Crippen LogP contribution in [0.3, 0.4) is 0 Å². The molecule has 102 valence electrons. The zero-order valence-corrected chi connectivity index (χ0v) is 12.6. The predicted octanol–water partition coefficient (Wildman–Crippen LogP) is 2.46. The van der Waals surface area contributed by atoms with Crippen molar-refractivity contribution in [2.45, 2.75) is 25.8 Å². The van der Waals surface area contributed by atoms with Gasteiger partial charge in [-0.3, -0.25) is 9.59 Å². The van der Waals surface area contributed by atoms with E-state index in [9.17, 15) is 9.59 Å². The molecule has 1 aromatic carbocycles. The van der Waals surface area contributed by atoms with Gasteiger partial charge in [-0.1, -0.05) is 28.1 Å². The first-order valence-corrected chi connectivity index (χ1v) is 6.95. The summed E-state index contributed by atoms with van der Waals surface area (Å²) < 4.78 is 5.77. The SMILES string of the molecule is COC(=O)CC1c2cccc(Br)c2CCN1C(C)=O. The summed E-state index contributed by atoms with van der Waals surface area (Å²) in [6, 6.07) is 5.66. The van der Waals surface area contributed by atoms with Gasteiger partial charge in [0.05, 0.1) is 19.6 Å². The summed E-state index contributed by atoms with van der Waals surface area (Å²) in [7, 11) is 1.37. The van der Waals surface area contributed by atoms with Crippen LogP contribution in [0, 0.1) is 0 Å². The number of halogens is 1. The molecule has 1 aromatic rings. The second-order valence-electron chi connectivity index (χ2n) is 4.57. The molecule has 1 heterocycles. The molecular weight excluding hydrogens is 310 g/mol. The summed E-state index contributed by atoms with van der Waals surface area (Å²) >= 11 is 3.53. The fourth-order valence-electron chi connectivity index (χ4n) is 2.55. The van der Waals surface area contributed by atoms with Crippen LogP contribution in [-0.4, -0.2) is 30.4 Å². The maximum Gasteiger partial charge on any atom is 0.307 e. The minimum Gasteiger partial charge on any atom is -0.469 e. The normalized spacial score (nSPS) is 17.8.